The van der Waals surface area contributed by atoms with E-state index in [2.05, 4.69) is 11.9 Å². The molecule has 0 spiro atoms. The summed E-state index contributed by atoms with van der Waals surface area (Å²) in [6, 6.07) is -0.357. The molecule has 0 saturated carbocycles. The standard InChI is InChI=1S/C13H22N2O4/c1-5-11(17)14-9-6-7-15(8-10(9)16)12(18)19-13(2,3)4/h5,9-10,16H,1,6-8H2,2-4H3,(H,14,17). The predicted molar refractivity (Wildman–Crippen MR) is 70.6 cm³/mol. The molecule has 1 saturated heterocycles. The maximum absolute atomic E-state index is 11.8. The van der Waals surface area contributed by atoms with Gasteiger partial charge in [0.1, 0.15) is 5.60 Å². The molecule has 1 heterocycles. The van der Waals surface area contributed by atoms with Gasteiger partial charge in [0.2, 0.25) is 5.91 Å². The molecule has 6 heteroatoms. The van der Waals surface area contributed by atoms with Crippen molar-refractivity contribution in [3.8, 4) is 0 Å². The van der Waals surface area contributed by atoms with Crippen molar-refractivity contribution in [2.75, 3.05) is 13.1 Å². The summed E-state index contributed by atoms with van der Waals surface area (Å²) >= 11 is 0. The van der Waals surface area contributed by atoms with Gasteiger partial charge in [-0.1, -0.05) is 6.58 Å². The van der Waals surface area contributed by atoms with Crippen molar-refractivity contribution in [2.45, 2.75) is 44.9 Å². The number of nitrogens with one attached hydrogen (secondary N) is 1. The monoisotopic (exact) mass is 270 g/mol. The number of hydrogen-bond donors (Lipinski definition) is 2. The summed E-state index contributed by atoms with van der Waals surface area (Å²) < 4.78 is 5.24. The van der Waals surface area contributed by atoms with E-state index >= 15 is 0 Å². The minimum absolute atomic E-state index is 0.150. The molecule has 0 radical (unpaired) electrons. The second-order valence-corrected chi connectivity index (χ2v) is 5.60. The summed E-state index contributed by atoms with van der Waals surface area (Å²) in [4.78, 5) is 24.5. The molecule has 2 atom stereocenters. The zero-order chi connectivity index (χ0) is 14.6. The number of hydrogen-bond acceptors (Lipinski definition) is 4. The summed E-state index contributed by atoms with van der Waals surface area (Å²) in [6.45, 7) is 9.31. The number of nitrogens with zero attached hydrogens (tertiary/aromatic N) is 1. The highest BCUT2D eigenvalue weighted by molar-refractivity contribution is 5.87. The fraction of sp³-hybridized carbons (Fsp3) is 0.692. The van der Waals surface area contributed by atoms with Crippen LogP contribution in [0.15, 0.2) is 12.7 Å². The Morgan fingerprint density at radius 1 is 1.47 bits per heavy atom. The van der Waals surface area contributed by atoms with Gasteiger partial charge in [-0.05, 0) is 33.3 Å². The van der Waals surface area contributed by atoms with Crippen LogP contribution >= 0.6 is 0 Å². The van der Waals surface area contributed by atoms with Crippen LogP contribution in [0, 0.1) is 0 Å². The van der Waals surface area contributed by atoms with E-state index in [-0.39, 0.29) is 18.5 Å². The molecule has 1 aliphatic rings. The number of β-amino-alcohol motifs (C(OH)–C–C–N with tert-alkyl or cyclic N) is 1. The van der Waals surface area contributed by atoms with Crippen LogP contribution in [0.25, 0.3) is 0 Å². The lowest BCUT2D eigenvalue weighted by Crippen LogP contribution is -2.55. The Labute approximate surface area is 113 Å². The van der Waals surface area contributed by atoms with Gasteiger partial charge in [-0.2, -0.15) is 0 Å². The molecule has 2 amide bonds. The first kappa shape index (κ1) is 15.5. The van der Waals surface area contributed by atoms with Crippen molar-refractivity contribution in [3.05, 3.63) is 12.7 Å². The van der Waals surface area contributed by atoms with Gasteiger partial charge >= 0.3 is 6.09 Å². The van der Waals surface area contributed by atoms with Gasteiger partial charge < -0.3 is 20.1 Å². The molecule has 6 nitrogen and oxygen atoms in total. The summed E-state index contributed by atoms with van der Waals surface area (Å²) in [5, 5.41) is 12.6. The Hall–Kier alpha value is -1.56. The van der Waals surface area contributed by atoms with Crippen LogP contribution in [0.3, 0.4) is 0 Å². The largest absolute Gasteiger partial charge is 0.444 e. The average Bonchev–Trinajstić information content (AvgIpc) is 2.29. The van der Waals surface area contributed by atoms with Crippen LogP contribution in [0.2, 0.25) is 0 Å². The topological polar surface area (TPSA) is 78.9 Å². The lowest BCUT2D eigenvalue weighted by molar-refractivity contribution is -0.118. The third-order valence-corrected chi connectivity index (χ3v) is 2.75. The Balaban J connectivity index is 2.51. The van der Waals surface area contributed by atoms with E-state index in [0.717, 1.165) is 6.08 Å². The van der Waals surface area contributed by atoms with Crippen molar-refractivity contribution in [2.24, 2.45) is 0 Å². The number of rotatable bonds is 2. The SMILES string of the molecule is C=CC(=O)NC1CCN(C(=O)OC(C)(C)C)CC1O. The number of likely N-dealkylation sites (tertiary alicyclic amines) is 1. The fourth-order valence-corrected chi connectivity index (χ4v) is 1.83. The molecule has 108 valence electrons. The van der Waals surface area contributed by atoms with Crippen LogP contribution in [-0.4, -0.2) is 52.8 Å². The van der Waals surface area contributed by atoms with Crippen LogP contribution in [0.5, 0.6) is 0 Å². The molecular weight excluding hydrogens is 248 g/mol. The first-order valence-corrected chi connectivity index (χ1v) is 6.32. The Bertz CT molecular complexity index is 362. The molecule has 19 heavy (non-hydrogen) atoms. The van der Waals surface area contributed by atoms with E-state index in [1.54, 1.807) is 20.8 Å². The highest BCUT2D eigenvalue weighted by Gasteiger charge is 2.32. The summed E-state index contributed by atoms with van der Waals surface area (Å²) in [5.74, 6) is -0.324. The van der Waals surface area contributed by atoms with Gasteiger partial charge in [-0.15, -0.1) is 0 Å². The predicted octanol–water partition coefficient (Wildman–Crippen LogP) is 0.659. The van der Waals surface area contributed by atoms with E-state index in [4.69, 9.17) is 4.74 Å². The summed E-state index contributed by atoms with van der Waals surface area (Å²) in [6.07, 6.45) is 0.401. The zero-order valence-electron chi connectivity index (χ0n) is 11.7. The fourth-order valence-electron chi connectivity index (χ4n) is 1.83. The zero-order valence-corrected chi connectivity index (χ0v) is 11.7. The number of aliphatic hydroxyl groups is 1. The van der Waals surface area contributed by atoms with E-state index in [9.17, 15) is 14.7 Å². The van der Waals surface area contributed by atoms with Gasteiger partial charge in [0.05, 0.1) is 18.7 Å². The lowest BCUT2D eigenvalue weighted by Gasteiger charge is -2.36. The van der Waals surface area contributed by atoms with Crippen molar-refractivity contribution < 1.29 is 19.4 Å². The van der Waals surface area contributed by atoms with Gasteiger partial charge in [-0.25, -0.2) is 4.79 Å². The number of amides is 2. The van der Waals surface area contributed by atoms with Crippen molar-refractivity contribution >= 4 is 12.0 Å². The van der Waals surface area contributed by atoms with Crippen LogP contribution in [-0.2, 0) is 9.53 Å². The van der Waals surface area contributed by atoms with Crippen LogP contribution < -0.4 is 5.32 Å². The van der Waals surface area contributed by atoms with Crippen molar-refractivity contribution in [1.29, 1.82) is 0 Å². The average molecular weight is 270 g/mol. The first-order chi connectivity index (χ1) is 8.73. The molecule has 1 fully saturated rings. The second-order valence-electron chi connectivity index (χ2n) is 5.60. The number of piperidine rings is 1. The molecule has 1 rings (SSSR count). The summed E-state index contributed by atoms with van der Waals surface area (Å²) in [5.41, 5.74) is -0.560. The van der Waals surface area contributed by atoms with Crippen LogP contribution in [0.1, 0.15) is 27.2 Å². The number of carbonyl (C=O) groups is 2. The number of aliphatic hydroxyl groups excluding tert-OH is 1. The first-order valence-electron chi connectivity index (χ1n) is 6.32. The van der Waals surface area contributed by atoms with Gasteiger partial charge in [0.25, 0.3) is 0 Å². The molecule has 2 N–H and O–H groups in total. The molecule has 0 aromatic heterocycles. The number of ether oxygens (including phenoxy) is 1. The number of carbonyl (C=O) groups excluding carboxylic acids is 2. The van der Waals surface area contributed by atoms with Crippen molar-refractivity contribution in [1.82, 2.24) is 10.2 Å². The smallest absolute Gasteiger partial charge is 0.410 e. The van der Waals surface area contributed by atoms with E-state index in [1.807, 2.05) is 0 Å². The third kappa shape index (κ3) is 4.90. The van der Waals surface area contributed by atoms with E-state index in [1.165, 1.54) is 4.90 Å². The molecule has 0 aliphatic carbocycles. The lowest BCUT2D eigenvalue weighted by atomic mass is 10.0. The molecule has 0 aromatic carbocycles. The van der Waals surface area contributed by atoms with Crippen molar-refractivity contribution in [3.63, 3.8) is 0 Å². The van der Waals surface area contributed by atoms with Gasteiger partial charge in [-0.3, -0.25) is 4.79 Å². The van der Waals surface area contributed by atoms with Crippen LogP contribution in [0.4, 0.5) is 4.79 Å². The second kappa shape index (κ2) is 6.06. The maximum Gasteiger partial charge on any atom is 0.410 e. The molecule has 1 aliphatic heterocycles. The van der Waals surface area contributed by atoms with E-state index in [0.29, 0.717) is 13.0 Å². The minimum atomic E-state index is -0.801. The van der Waals surface area contributed by atoms with Gasteiger partial charge in [0.15, 0.2) is 0 Å². The maximum atomic E-state index is 11.8. The van der Waals surface area contributed by atoms with Gasteiger partial charge in [0, 0.05) is 6.54 Å². The third-order valence-electron chi connectivity index (χ3n) is 2.75. The Morgan fingerprint density at radius 2 is 2.11 bits per heavy atom. The van der Waals surface area contributed by atoms with E-state index < -0.39 is 17.8 Å². The quantitative estimate of drug-likeness (QED) is 0.722. The normalized spacial score (nSPS) is 23.7. The molecular formula is C13H22N2O4. The molecule has 2 unspecified atom stereocenters. The Kier molecular flexibility index (Phi) is 4.94. The summed E-state index contributed by atoms with van der Waals surface area (Å²) in [7, 11) is 0. The minimum Gasteiger partial charge on any atom is -0.444 e. The Morgan fingerprint density at radius 3 is 2.58 bits per heavy atom. The molecule has 0 aromatic rings. The highest BCUT2D eigenvalue weighted by Crippen LogP contribution is 2.15. The molecule has 0 bridgehead atoms. The highest BCUT2D eigenvalue weighted by atomic mass is 16.6.